The Balaban J connectivity index is 1.62. The first kappa shape index (κ1) is 17.6. The highest BCUT2D eigenvalue weighted by Gasteiger charge is 2.12. The van der Waals surface area contributed by atoms with Crippen molar-refractivity contribution in [3.05, 3.63) is 47.5 Å². The summed E-state index contributed by atoms with van der Waals surface area (Å²) in [4.78, 5) is 12.9. The summed E-state index contributed by atoms with van der Waals surface area (Å²) in [7, 11) is 3.87. The molecule has 1 N–H and O–H groups in total. The van der Waals surface area contributed by atoms with Gasteiger partial charge in [0.15, 0.2) is 0 Å². The largest absolute Gasteiger partial charge is 0.366 e. The van der Waals surface area contributed by atoms with Crippen molar-refractivity contribution in [3.8, 4) is 0 Å². The van der Waals surface area contributed by atoms with Gasteiger partial charge in [-0.05, 0) is 45.0 Å². The predicted octanol–water partition coefficient (Wildman–Crippen LogP) is 3.28. The molecule has 0 aliphatic carbocycles. The van der Waals surface area contributed by atoms with Crippen LogP contribution in [0.25, 0.3) is 0 Å². The average molecular weight is 343 g/mol. The molecule has 2 heterocycles. The van der Waals surface area contributed by atoms with Crippen LogP contribution in [-0.4, -0.2) is 42.1 Å². The fourth-order valence-electron chi connectivity index (χ4n) is 3.10. The summed E-state index contributed by atoms with van der Waals surface area (Å²) in [5.41, 5.74) is 1.61. The molecule has 0 atom stereocenters. The standard InChI is InChI=1S/C19H26FN5/c1-24(2)13-16-7-6-15(10-17(16)20)12-21-18-11-19(23-14-22-18)25-8-4-3-5-9-25/h6-7,10-11,14H,3-5,8-9,12-13H2,1-2H3,(H,21,22,23). The molecule has 25 heavy (non-hydrogen) atoms. The van der Waals surface area contributed by atoms with Crippen molar-refractivity contribution in [2.24, 2.45) is 0 Å². The minimum Gasteiger partial charge on any atom is -0.366 e. The van der Waals surface area contributed by atoms with E-state index in [2.05, 4.69) is 20.2 Å². The summed E-state index contributed by atoms with van der Waals surface area (Å²) in [6.07, 6.45) is 5.31. The molecular formula is C19H26FN5. The fraction of sp³-hybridized carbons (Fsp3) is 0.474. The summed E-state index contributed by atoms with van der Waals surface area (Å²) in [5, 5.41) is 3.27. The molecule has 1 aliphatic rings. The van der Waals surface area contributed by atoms with Gasteiger partial charge in [0.25, 0.3) is 0 Å². The molecule has 0 amide bonds. The van der Waals surface area contributed by atoms with Gasteiger partial charge in [-0.2, -0.15) is 0 Å². The highest BCUT2D eigenvalue weighted by Crippen LogP contribution is 2.20. The number of rotatable bonds is 6. The lowest BCUT2D eigenvalue weighted by atomic mass is 10.1. The molecule has 0 bridgehead atoms. The van der Waals surface area contributed by atoms with E-state index >= 15 is 0 Å². The molecule has 5 nitrogen and oxygen atoms in total. The van der Waals surface area contributed by atoms with Gasteiger partial charge in [0.1, 0.15) is 23.8 Å². The molecule has 134 valence electrons. The van der Waals surface area contributed by atoms with Crippen molar-refractivity contribution in [3.63, 3.8) is 0 Å². The van der Waals surface area contributed by atoms with Gasteiger partial charge >= 0.3 is 0 Å². The van der Waals surface area contributed by atoms with Gasteiger partial charge in [-0.3, -0.25) is 0 Å². The number of hydrogen-bond acceptors (Lipinski definition) is 5. The topological polar surface area (TPSA) is 44.3 Å². The molecule has 0 spiro atoms. The Bertz CT molecular complexity index is 698. The number of anilines is 2. The molecule has 3 rings (SSSR count). The molecule has 0 radical (unpaired) electrons. The Labute approximate surface area is 148 Å². The van der Waals surface area contributed by atoms with Gasteiger partial charge in [0, 0.05) is 37.8 Å². The molecule has 6 heteroatoms. The quantitative estimate of drug-likeness (QED) is 0.872. The van der Waals surface area contributed by atoms with Crippen LogP contribution in [0.2, 0.25) is 0 Å². The van der Waals surface area contributed by atoms with Crippen molar-refractivity contribution in [1.29, 1.82) is 0 Å². The van der Waals surface area contributed by atoms with E-state index in [0.717, 1.165) is 30.3 Å². The summed E-state index contributed by atoms with van der Waals surface area (Å²) in [6.45, 7) is 3.24. The zero-order valence-electron chi connectivity index (χ0n) is 15.0. The first-order valence-electron chi connectivity index (χ1n) is 8.85. The van der Waals surface area contributed by atoms with Crippen LogP contribution in [-0.2, 0) is 13.1 Å². The van der Waals surface area contributed by atoms with Crippen molar-refractivity contribution in [1.82, 2.24) is 14.9 Å². The lowest BCUT2D eigenvalue weighted by molar-refractivity contribution is 0.392. The minimum atomic E-state index is -0.162. The maximum absolute atomic E-state index is 14.2. The van der Waals surface area contributed by atoms with Crippen molar-refractivity contribution in [2.75, 3.05) is 37.4 Å². The first-order chi connectivity index (χ1) is 12.1. The number of piperidine rings is 1. The first-order valence-corrected chi connectivity index (χ1v) is 8.85. The number of hydrogen-bond donors (Lipinski definition) is 1. The van der Waals surface area contributed by atoms with Crippen LogP contribution in [0.15, 0.2) is 30.6 Å². The van der Waals surface area contributed by atoms with Gasteiger partial charge in [0.05, 0.1) is 0 Å². The van der Waals surface area contributed by atoms with Crippen LogP contribution in [0.3, 0.4) is 0 Å². The van der Waals surface area contributed by atoms with Gasteiger partial charge < -0.3 is 15.1 Å². The van der Waals surface area contributed by atoms with E-state index in [1.54, 1.807) is 12.4 Å². The van der Waals surface area contributed by atoms with E-state index in [9.17, 15) is 4.39 Å². The Kier molecular flexibility index (Phi) is 5.81. The lowest BCUT2D eigenvalue weighted by Gasteiger charge is -2.27. The van der Waals surface area contributed by atoms with Crippen LogP contribution in [0.4, 0.5) is 16.0 Å². The van der Waals surface area contributed by atoms with Crippen LogP contribution in [0.5, 0.6) is 0 Å². The number of halogens is 1. The molecule has 1 aromatic carbocycles. The maximum Gasteiger partial charge on any atom is 0.134 e. The smallest absolute Gasteiger partial charge is 0.134 e. The molecule has 1 saturated heterocycles. The Morgan fingerprint density at radius 2 is 1.92 bits per heavy atom. The second-order valence-corrected chi connectivity index (χ2v) is 6.83. The second-order valence-electron chi connectivity index (χ2n) is 6.83. The number of nitrogens with one attached hydrogen (secondary N) is 1. The van der Waals surface area contributed by atoms with Crippen LogP contribution < -0.4 is 10.2 Å². The van der Waals surface area contributed by atoms with Gasteiger partial charge in [-0.1, -0.05) is 12.1 Å². The number of nitrogens with zero attached hydrogens (tertiary/aromatic N) is 4. The van der Waals surface area contributed by atoms with E-state index in [1.165, 1.54) is 19.3 Å². The molecule has 0 unspecified atom stereocenters. The lowest BCUT2D eigenvalue weighted by Crippen LogP contribution is -2.30. The maximum atomic E-state index is 14.2. The van der Waals surface area contributed by atoms with Crippen LogP contribution >= 0.6 is 0 Å². The van der Waals surface area contributed by atoms with Crippen molar-refractivity contribution in [2.45, 2.75) is 32.4 Å². The summed E-state index contributed by atoms with van der Waals surface area (Å²) >= 11 is 0. The fourth-order valence-corrected chi connectivity index (χ4v) is 3.10. The molecule has 1 fully saturated rings. The molecule has 0 saturated carbocycles. The zero-order chi connectivity index (χ0) is 17.6. The van der Waals surface area contributed by atoms with E-state index in [1.807, 2.05) is 37.2 Å². The van der Waals surface area contributed by atoms with Gasteiger partial charge in [-0.25, -0.2) is 14.4 Å². The Morgan fingerprint density at radius 1 is 1.12 bits per heavy atom. The third kappa shape index (κ3) is 4.89. The van der Waals surface area contributed by atoms with Crippen LogP contribution in [0.1, 0.15) is 30.4 Å². The van der Waals surface area contributed by atoms with Crippen molar-refractivity contribution >= 4 is 11.6 Å². The van der Waals surface area contributed by atoms with E-state index in [-0.39, 0.29) is 5.82 Å². The third-order valence-electron chi connectivity index (χ3n) is 4.41. The SMILES string of the molecule is CN(C)Cc1ccc(CNc2cc(N3CCCCC3)ncn2)cc1F. The van der Waals surface area contributed by atoms with Gasteiger partial charge in [-0.15, -0.1) is 0 Å². The highest BCUT2D eigenvalue weighted by molar-refractivity contribution is 5.49. The number of benzene rings is 1. The molecular weight excluding hydrogens is 317 g/mol. The monoisotopic (exact) mass is 343 g/mol. The van der Waals surface area contributed by atoms with E-state index in [0.29, 0.717) is 18.7 Å². The number of aromatic nitrogens is 2. The average Bonchev–Trinajstić information content (AvgIpc) is 2.63. The second kappa shape index (κ2) is 8.25. The minimum absolute atomic E-state index is 0.162. The third-order valence-corrected chi connectivity index (χ3v) is 4.41. The van der Waals surface area contributed by atoms with Crippen molar-refractivity contribution < 1.29 is 4.39 Å². The van der Waals surface area contributed by atoms with Gasteiger partial charge in [0.2, 0.25) is 0 Å². The zero-order valence-corrected chi connectivity index (χ0v) is 15.0. The van der Waals surface area contributed by atoms with Crippen LogP contribution in [0, 0.1) is 5.82 Å². The Hall–Kier alpha value is -2.21. The normalized spacial score (nSPS) is 14.8. The molecule has 1 aliphatic heterocycles. The van der Waals surface area contributed by atoms with E-state index < -0.39 is 0 Å². The van der Waals surface area contributed by atoms with E-state index in [4.69, 9.17) is 0 Å². The molecule has 1 aromatic heterocycles. The highest BCUT2D eigenvalue weighted by atomic mass is 19.1. The summed E-state index contributed by atoms with van der Waals surface area (Å²) in [5.74, 6) is 1.57. The summed E-state index contributed by atoms with van der Waals surface area (Å²) < 4.78 is 14.2. The summed E-state index contributed by atoms with van der Waals surface area (Å²) in [6, 6.07) is 7.38. The molecule has 2 aromatic rings. The predicted molar refractivity (Wildman–Crippen MR) is 99.2 cm³/mol. The Morgan fingerprint density at radius 3 is 2.64 bits per heavy atom.